The molecular formula is C27H24ClNO8. The molecule has 1 aromatic heterocycles. The number of ether oxygens (including phenoxy) is 5. The van der Waals surface area contributed by atoms with Gasteiger partial charge in [0.15, 0.2) is 23.9 Å². The number of carbonyl (C=O) groups excluding carboxylic acids is 1. The number of methoxy groups -OCH3 is 4. The molecule has 1 N–H and O–H groups in total. The molecule has 1 amide bonds. The Hall–Kier alpha value is -4.37. The van der Waals surface area contributed by atoms with Crippen molar-refractivity contribution < 1.29 is 32.9 Å². The summed E-state index contributed by atoms with van der Waals surface area (Å²) in [6.45, 7) is -0.489. The van der Waals surface area contributed by atoms with Crippen LogP contribution in [0, 0.1) is 0 Å². The van der Waals surface area contributed by atoms with Gasteiger partial charge in [0, 0.05) is 16.7 Å². The molecule has 0 aliphatic heterocycles. The van der Waals surface area contributed by atoms with E-state index >= 15 is 0 Å². The number of hydrogen-bond acceptors (Lipinski definition) is 8. The second kappa shape index (κ2) is 11.1. The molecule has 37 heavy (non-hydrogen) atoms. The van der Waals surface area contributed by atoms with Gasteiger partial charge in [0.05, 0.1) is 39.5 Å². The zero-order valence-corrected chi connectivity index (χ0v) is 21.3. The fourth-order valence-corrected chi connectivity index (χ4v) is 3.86. The average Bonchev–Trinajstić information content (AvgIpc) is 2.92. The molecule has 0 saturated carbocycles. The predicted molar refractivity (Wildman–Crippen MR) is 140 cm³/mol. The Bertz CT molecular complexity index is 1510. The minimum Gasteiger partial charge on any atom is -0.497 e. The molecule has 10 heteroatoms. The van der Waals surface area contributed by atoms with Gasteiger partial charge < -0.3 is 33.4 Å². The number of carbonyl (C=O) groups is 1. The van der Waals surface area contributed by atoms with E-state index in [9.17, 15) is 9.59 Å². The monoisotopic (exact) mass is 525 g/mol. The maximum atomic E-state index is 13.4. The largest absolute Gasteiger partial charge is 0.497 e. The zero-order valence-electron chi connectivity index (χ0n) is 20.5. The van der Waals surface area contributed by atoms with E-state index in [4.69, 9.17) is 39.7 Å². The fraction of sp³-hybridized carbons (Fsp3) is 0.185. The third kappa shape index (κ3) is 5.41. The van der Waals surface area contributed by atoms with Crippen molar-refractivity contribution in [3.63, 3.8) is 0 Å². The molecule has 0 bridgehead atoms. The van der Waals surface area contributed by atoms with Gasteiger partial charge in [-0.05, 0) is 48.5 Å². The van der Waals surface area contributed by atoms with Gasteiger partial charge in [-0.15, -0.1) is 0 Å². The van der Waals surface area contributed by atoms with E-state index < -0.39 is 17.9 Å². The van der Waals surface area contributed by atoms with Crippen LogP contribution in [0.1, 0.15) is 0 Å². The van der Waals surface area contributed by atoms with Crippen molar-refractivity contribution >= 4 is 34.2 Å². The molecule has 0 unspecified atom stereocenters. The highest BCUT2D eigenvalue weighted by Crippen LogP contribution is 2.37. The number of halogens is 1. The van der Waals surface area contributed by atoms with Gasteiger partial charge in [-0.25, -0.2) is 0 Å². The molecule has 9 nitrogen and oxygen atoms in total. The molecule has 0 saturated heterocycles. The average molecular weight is 526 g/mol. The number of benzene rings is 3. The summed E-state index contributed by atoms with van der Waals surface area (Å²) >= 11 is 6.11. The number of anilines is 1. The number of nitrogens with one attached hydrogen (secondary N) is 1. The Morgan fingerprint density at radius 3 is 2.30 bits per heavy atom. The van der Waals surface area contributed by atoms with E-state index in [0.717, 1.165) is 0 Å². The lowest BCUT2D eigenvalue weighted by atomic mass is 10.1. The summed E-state index contributed by atoms with van der Waals surface area (Å²) in [5, 5.41) is 3.27. The summed E-state index contributed by atoms with van der Waals surface area (Å²) in [5.74, 6) is 1.31. The van der Waals surface area contributed by atoms with Crippen molar-refractivity contribution in [2.24, 2.45) is 0 Å². The van der Waals surface area contributed by atoms with Crippen molar-refractivity contribution in [3.05, 3.63) is 69.8 Å². The van der Waals surface area contributed by atoms with Crippen molar-refractivity contribution in [1.29, 1.82) is 0 Å². The highest BCUT2D eigenvalue weighted by atomic mass is 35.5. The Balaban J connectivity index is 1.72. The van der Waals surface area contributed by atoms with Crippen LogP contribution in [0.15, 0.2) is 63.8 Å². The molecule has 0 aliphatic carbocycles. The van der Waals surface area contributed by atoms with Crippen LogP contribution in [0.25, 0.3) is 22.3 Å². The van der Waals surface area contributed by atoms with Gasteiger partial charge in [-0.2, -0.15) is 0 Å². The Morgan fingerprint density at radius 2 is 1.59 bits per heavy atom. The van der Waals surface area contributed by atoms with Crippen molar-refractivity contribution in [3.8, 4) is 40.1 Å². The highest BCUT2D eigenvalue weighted by Gasteiger charge is 2.21. The molecule has 4 aromatic rings. The molecule has 0 fully saturated rings. The van der Waals surface area contributed by atoms with Gasteiger partial charge in [0.25, 0.3) is 5.91 Å². The smallest absolute Gasteiger partial charge is 0.262 e. The van der Waals surface area contributed by atoms with Gasteiger partial charge in [0.2, 0.25) is 11.2 Å². The van der Waals surface area contributed by atoms with Crippen LogP contribution in [0.4, 0.5) is 5.69 Å². The normalized spacial score (nSPS) is 10.6. The first-order valence-electron chi connectivity index (χ1n) is 11.0. The van der Waals surface area contributed by atoms with Gasteiger partial charge in [0.1, 0.15) is 17.1 Å². The third-order valence-electron chi connectivity index (χ3n) is 5.48. The summed E-state index contributed by atoms with van der Waals surface area (Å²) in [5.41, 5.74) is 0.682. The molecule has 1 heterocycles. The van der Waals surface area contributed by atoms with Crippen molar-refractivity contribution in [1.82, 2.24) is 0 Å². The first-order valence-corrected chi connectivity index (χ1v) is 11.4. The standard InChI is InChI=1S/C27H24ClNO8/c1-32-17-7-10-21(33-2)19(13-17)29-24(30)14-36-27-25(31)18-12-16(28)6-9-20(18)37-26(27)15-5-8-22(34-3)23(11-15)35-4/h5-13H,14H2,1-4H3,(H,29,30). The number of amides is 1. The lowest BCUT2D eigenvalue weighted by molar-refractivity contribution is -0.118. The van der Waals surface area contributed by atoms with Crippen LogP contribution >= 0.6 is 11.6 Å². The Labute approximate surface area is 217 Å². The molecular weight excluding hydrogens is 502 g/mol. The molecule has 0 aliphatic rings. The van der Waals surface area contributed by atoms with Gasteiger partial charge in [-0.3, -0.25) is 9.59 Å². The highest BCUT2D eigenvalue weighted by molar-refractivity contribution is 6.31. The van der Waals surface area contributed by atoms with E-state index in [0.29, 0.717) is 44.9 Å². The van der Waals surface area contributed by atoms with Gasteiger partial charge in [-0.1, -0.05) is 11.6 Å². The van der Waals surface area contributed by atoms with E-state index in [2.05, 4.69) is 5.32 Å². The van der Waals surface area contributed by atoms with Crippen LogP contribution in [0.5, 0.6) is 28.7 Å². The predicted octanol–water partition coefficient (Wildman–Crippen LogP) is 5.17. The first kappa shape index (κ1) is 25.7. The van der Waals surface area contributed by atoms with Crippen LogP contribution in [0.2, 0.25) is 5.02 Å². The van der Waals surface area contributed by atoms with Crippen LogP contribution in [-0.4, -0.2) is 41.0 Å². The van der Waals surface area contributed by atoms with Crippen LogP contribution in [0.3, 0.4) is 0 Å². The summed E-state index contributed by atoms with van der Waals surface area (Å²) in [4.78, 5) is 26.2. The second-order valence-electron chi connectivity index (χ2n) is 7.70. The Morgan fingerprint density at radius 1 is 0.865 bits per heavy atom. The van der Waals surface area contributed by atoms with E-state index in [1.165, 1.54) is 34.5 Å². The molecule has 0 spiro atoms. The van der Waals surface area contributed by atoms with Crippen molar-refractivity contribution in [2.45, 2.75) is 0 Å². The number of hydrogen-bond donors (Lipinski definition) is 1. The van der Waals surface area contributed by atoms with E-state index in [-0.39, 0.29) is 16.9 Å². The molecule has 192 valence electrons. The molecule has 0 radical (unpaired) electrons. The topological polar surface area (TPSA) is 105 Å². The molecule has 4 rings (SSSR count). The SMILES string of the molecule is COc1ccc(OC)c(NC(=O)COc2c(-c3ccc(OC)c(OC)c3)oc3ccc(Cl)cc3c2=O)c1. The molecule has 0 atom stereocenters. The summed E-state index contributed by atoms with van der Waals surface area (Å²) in [6.07, 6.45) is 0. The minimum atomic E-state index is -0.532. The molecule has 3 aromatic carbocycles. The zero-order chi connectivity index (χ0) is 26.5. The quantitative estimate of drug-likeness (QED) is 0.319. The van der Waals surface area contributed by atoms with E-state index in [1.807, 2.05) is 0 Å². The number of rotatable bonds is 9. The Kier molecular flexibility index (Phi) is 7.74. The lowest BCUT2D eigenvalue weighted by Crippen LogP contribution is -2.23. The summed E-state index contributed by atoms with van der Waals surface area (Å²) < 4.78 is 33.0. The van der Waals surface area contributed by atoms with E-state index in [1.54, 1.807) is 48.5 Å². The number of fused-ring (bicyclic) bond motifs is 1. The van der Waals surface area contributed by atoms with Crippen molar-refractivity contribution in [2.75, 3.05) is 40.4 Å². The lowest BCUT2D eigenvalue weighted by Gasteiger charge is -2.14. The van der Waals surface area contributed by atoms with Crippen LogP contribution in [-0.2, 0) is 4.79 Å². The summed E-state index contributed by atoms with van der Waals surface area (Å²) in [7, 11) is 6.00. The van der Waals surface area contributed by atoms with Crippen LogP contribution < -0.4 is 34.4 Å². The maximum Gasteiger partial charge on any atom is 0.262 e. The van der Waals surface area contributed by atoms with Gasteiger partial charge >= 0.3 is 0 Å². The first-order chi connectivity index (χ1) is 17.9. The fourth-order valence-electron chi connectivity index (χ4n) is 3.68. The maximum absolute atomic E-state index is 13.4. The summed E-state index contributed by atoms with van der Waals surface area (Å²) in [6, 6.07) is 14.7. The minimum absolute atomic E-state index is 0.118. The third-order valence-corrected chi connectivity index (χ3v) is 5.72. The second-order valence-corrected chi connectivity index (χ2v) is 8.14.